The second-order valence-electron chi connectivity index (χ2n) is 5.73. The minimum atomic E-state index is 0.254. The largest absolute Gasteiger partial charge is 0.338 e. The van der Waals surface area contributed by atoms with E-state index in [-0.39, 0.29) is 5.91 Å². The molecular formula is C16H27BrN2OS. The molecule has 1 atom stereocenters. The van der Waals surface area contributed by atoms with Crippen LogP contribution in [0.15, 0.2) is 15.9 Å². The van der Waals surface area contributed by atoms with E-state index in [0.29, 0.717) is 24.8 Å². The lowest BCUT2D eigenvalue weighted by molar-refractivity contribution is -0.132. The second kappa shape index (κ2) is 9.59. The summed E-state index contributed by atoms with van der Waals surface area (Å²) >= 11 is 5.16. The molecule has 0 fully saturated rings. The molecule has 120 valence electrons. The van der Waals surface area contributed by atoms with Crippen LogP contribution in [0.25, 0.3) is 0 Å². The summed E-state index contributed by atoms with van der Waals surface area (Å²) < 4.78 is 1.11. The Morgan fingerprint density at radius 3 is 2.57 bits per heavy atom. The summed E-state index contributed by atoms with van der Waals surface area (Å²) in [6.07, 6.45) is 2.58. The van der Waals surface area contributed by atoms with E-state index in [1.54, 1.807) is 11.3 Å². The van der Waals surface area contributed by atoms with E-state index >= 15 is 0 Å². The highest BCUT2D eigenvalue weighted by Crippen LogP contribution is 2.24. The normalized spacial score (nSPS) is 12.7. The molecule has 0 saturated carbocycles. The van der Waals surface area contributed by atoms with Gasteiger partial charge in [0.15, 0.2) is 0 Å². The lowest BCUT2D eigenvalue weighted by Gasteiger charge is -2.23. The van der Waals surface area contributed by atoms with Crippen LogP contribution in [-0.2, 0) is 11.3 Å². The fourth-order valence-corrected chi connectivity index (χ4v) is 3.99. The van der Waals surface area contributed by atoms with Crippen LogP contribution in [0.5, 0.6) is 0 Å². The minimum Gasteiger partial charge on any atom is -0.338 e. The fourth-order valence-electron chi connectivity index (χ4n) is 2.49. The highest BCUT2D eigenvalue weighted by Gasteiger charge is 2.18. The molecule has 1 aromatic rings. The van der Waals surface area contributed by atoms with Crippen molar-refractivity contribution in [2.45, 2.75) is 46.6 Å². The van der Waals surface area contributed by atoms with Gasteiger partial charge in [0.25, 0.3) is 0 Å². The van der Waals surface area contributed by atoms with E-state index in [9.17, 15) is 4.79 Å². The van der Waals surface area contributed by atoms with Crippen molar-refractivity contribution < 1.29 is 4.79 Å². The van der Waals surface area contributed by atoms with Gasteiger partial charge in [-0.1, -0.05) is 13.8 Å². The molecule has 0 aliphatic rings. The molecule has 1 unspecified atom stereocenters. The highest BCUT2D eigenvalue weighted by molar-refractivity contribution is 9.11. The molecule has 0 radical (unpaired) electrons. The van der Waals surface area contributed by atoms with Crippen molar-refractivity contribution >= 4 is 33.2 Å². The number of carbonyl (C=O) groups excluding carboxylic acids is 1. The lowest BCUT2D eigenvalue weighted by atomic mass is 9.88. The van der Waals surface area contributed by atoms with Gasteiger partial charge in [0.05, 0.1) is 10.3 Å². The van der Waals surface area contributed by atoms with Gasteiger partial charge in [-0.05, 0) is 66.2 Å². The topological polar surface area (TPSA) is 46.3 Å². The average molecular weight is 375 g/mol. The van der Waals surface area contributed by atoms with Crippen LogP contribution < -0.4 is 5.73 Å². The second-order valence-corrected chi connectivity index (χ2v) is 8.28. The van der Waals surface area contributed by atoms with Gasteiger partial charge >= 0.3 is 0 Å². The zero-order valence-corrected chi connectivity index (χ0v) is 15.7. The number of hydrogen-bond donors (Lipinski definition) is 1. The first kappa shape index (κ1) is 18.7. The van der Waals surface area contributed by atoms with E-state index in [1.807, 2.05) is 17.9 Å². The van der Waals surface area contributed by atoms with Gasteiger partial charge in [0, 0.05) is 17.8 Å². The summed E-state index contributed by atoms with van der Waals surface area (Å²) in [6.45, 7) is 8.65. The van der Waals surface area contributed by atoms with Gasteiger partial charge in [-0.2, -0.15) is 0 Å². The van der Waals surface area contributed by atoms with Crippen molar-refractivity contribution in [1.29, 1.82) is 0 Å². The molecule has 3 nitrogen and oxygen atoms in total. The third-order valence-electron chi connectivity index (χ3n) is 3.92. The first-order chi connectivity index (χ1) is 9.97. The Morgan fingerprint density at radius 2 is 2.10 bits per heavy atom. The van der Waals surface area contributed by atoms with Gasteiger partial charge in [-0.25, -0.2) is 0 Å². The summed E-state index contributed by atoms with van der Waals surface area (Å²) in [5.74, 6) is 1.39. The molecule has 21 heavy (non-hydrogen) atoms. The molecule has 5 heteroatoms. The number of thiophene rings is 1. The van der Waals surface area contributed by atoms with Crippen molar-refractivity contribution in [3.8, 4) is 0 Å². The van der Waals surface area contributed by atoms with Gasteiger partial charge < -0.3 is 10.6 Å². The first-order valence-electron chi connectivity index (χ1n) is 7.70. The molecule has 1 rings (SSSR count). The first-order valence-corrected chi connectivity index (χ1v) is 9.30. The Kier molecular flexibility index (Phi) is 8.52. The smallest absolute Gasteiger partial charge is 0.222 e. The molecule has 0 spiro atoms. The molecule has 0 aliphatic heterocycles. The monoisotopic (exact) mass is 374 g/mol. The van der Waals surface area contributed by atoms with E-state index < -0.39 is 0 Å². The SMILES string of the molecule is CCN(Cc1ccc(Br)s1)C(=O)CCC(CCN)C(C)C. The number of halogens is 1. The standard InChI is InChI=1S/C16H27BrN2OS/c1-4-19(11-14-6-7-15(17)21-14)16(20)8-5-13(9-10-18)12(2)3/h6-7,12-13H,4-5,8-11,18H2,1-3H3. The number of carbonyl (C=O) groups is 1. The van der Waals surface area contributed by atoms with E-state index in [4.69, 9.17) is 5.73 Å². The summed E-state index contributed by atoms with van der Waals surface area (Å²) in [6, 6.07) is 4.12. The van der Waals surface area contributed by atoms with Crippen molar-refractivity contribution in [3.63, 3.8) is 0 Å². The Hall–Kier alpha value is -0.390. The Bertz CT molecular complexity index is 434. The maximum absolute atomic E-state index is 12.4. The van der Waals surface area contributed by atoms with E-state index in [2.05, 4.69) is 35.8 Å². The van der Waals surface area contributed by atoms with Gasteiger partial charge in [-0.15, -0.1) is 11.3 Å². The van der Waals surface area contributed by atoms with E-state index in [1.165, 1.54) is 4.88 Å². The van der Waals surface area contributed by atoms with Gasteiger partial charge in [0.1, 0.15) is 0 Å². The molecule has 0 aliphatic carbocycles. The van der Waals surface area contributed by atoms with Crippen molar-refractivity contribution in [1.82, 2.24) is 4.90 Å². The van der Waals surface area contributed by atoms with Crippen LogP contribution in [0, 0.1) is 11.8 Å². The van der Waals surface area contributed by atoms with Gasteiger partial charge in [-0.3, -0.25) is 4.79 Å². The quantitative estimate of drug-likeness (QED) is 0.701. The third-order valence-corrected chi connectivity index (χ3v) is 5.53. The van der Waals surface area contributed by atoms with Crippen LogP contribution in [-0.4, -0.2) is 23.9 Å². The van der Waals surface area contributed by atoms with Crippen LogP contribution in [0.1, 0.15) is 44.9 Å². The predicted octanol–water partition coefficient (Wildman–Crippen LogP) is 4.26. The van der Waals surface area contributed by atoms with Crippen LogP contribution in [0.2, 0.25) is 0 Å². The Labute approximate surface area is 141 Å². The molecule has 0 aromatic carbocycles. The number of hydrogen-bond acceptors (Lipinski definition) is 3. The maximum Gasteiger partial charge on any atom is 0.222 e. The molecule has 0 saturated heterocycles. The number of amides is 1. The van der Waals surface area contributed by atoms with Crippen molar-refractivity contribution in [2.24, 2.45) is 17.6 Å². The number of nitrogens with zero attached hydrogens (tertiary/aromatic N) is 1. The molecule has 1 amide bonds. The molecule has 1 aromatic heterocycles. The van der Waals surface area contributed by atoms with Crippen LogP contribution in [0.4, 0.5) is 0 Å². The summed E-state index contributed by atoms with van der Waals surface area (Å²) in [7, 11) is 0. The van der Waals surface area contributed by atoms with Crippen LogP contribution in [0.3, 0.4) is 0 Å². The predicted molar refractivity (Wildman–Crippen MR) is 94.3 cm³/mol. The molecule has 1 heterocycles. The zero-order chi connectivity index (χ0) is 15.8. The van der Waals surface area contributed by atoms with Gasteiger partial charge in [0.2, 0.25) is 5.91 Å². The summed E-state index contributed by atoms with van der Waals surface area (Å²) in [5, 5.41) is 0. The number of nitrogens with two attached hydrogens (primary N) is 1. The maximum atomic E-state index is 12.4. The molecule has 0 bridgehead atoms. The highest BCUT2D eigenvalue weighted by atomic mass is 79.9. The van der Waals surface area contributed by atoms with Crippen molar-refractivity contribution in [3.05, 3.63) is 20.8 Å². The van der Waals surface area contributed by atoms with Crippen molar-refractivity contribution in [2.75, 3.05) is 13.1 Å². The molecule has 2 N–H and O–H groups in total. The zero-order valence-electron chi connectivity index (χ0n) is 13.3. The Balaban J connectivity index is 2.50. The summed E-state index contributed by atoms with van der Waals surface area (Å²) in [5.41, 5.74) is 5.67. The lowest BCUT2D eigenvalue weighted by Crippen LogP contribution is -2.30. The summed E-state index contributed by atoms with van der Waals surface area (Å²) in [4.78, 5) is 15.6. The molecular weight excluding hydrogens is 348 g/mol. The minimum absolute atomic E-state index is 0.254. The van der Waals surface area contributed by atoms with E-state index in [0.717, 1.165) is 29.7 Å². The Morgan fingerprint density at radius 1 is 1.38 bits per heavy atom. The average Bonchev–Trinajstić information content (AvgIpc) is 2.85. The fraction of sp³-hybridized carbons (Fsp3) is 0.688. The van der Waals surface area contributed by atoms with Crippen LogP contribution >= 0.6 is 27.3 Å². The third kappa shape index (κ3) is 6.49. The number of rotatable bonds is 9.